The second kappa shape index (κ2) is 32.8. The maximum absolute atomic E-state index is 13.3. The van der Waals surface area contributed by atoms with Crippen LogP contribution in [0.4, 0.5) is 0 Å². The number of aryl methyl sites for hydroxylation is 2. The fourth-order valence-corrected chi connectivity index (χ4v) is 49.5. The van der Waals surface area contributed by atoms with Crippen LogP contribution in [0, 0.1) is 0 Å². The first-order valence-electron chi connectivity index (χ1n) is 30.6. The highest BCUT2D eigenvalue weighted by Gasteiger charge is 2.51. The van der Waals surface area contributed by atoms with Crippen molar-refractivity contribution in [3.8, 4) is 11.5 Å². The molecule has 4 aromatic carbocycles. The summed E-state index contributed by atoms with van der Waals surface area (Å²) < 4.78 is 98.1. The van der Waals surface area contributed by atoms with E-state index in [0.29, 0.717) is 73.2 Å². The number of esters is 3. The van der Waals surface area contributed by atoms with Crippen molar-refractivity contribution in [3.05, 3.63) is 130 Å². The largest absolute Gasteiger partial charge is 0.500 e. The lowest BCUT2D eigenvalue weighted by molar-refractivity contribution is -0.143. The Balaban J connectivity index is 0.793. The standard InChI is InChI=1S/C59H94O19Si9/c1-59(2,51-30-28-50(29-31-51)58(62)69-53-34-24-48(25-35-53)20-16-40-83(10)73-79(6)71-80(7)74-84(11,77-83)41-17-38-66-45-55-46-68-55)52-32-36-54(37-33-52)70-57(61)49-26-22-47(23-27-49)19-14-15-21-56(60)67-39-18-42-85(12)75-81(8)72-82(9)76-86(13,78-85)43-44-87(63-3,64-4)65-5/h22-37,55,79-82H,14-21,38-46H2,1-13H3. The molecule has 0 N–H and O–H groups in total. The number of benzene rings is 4. The Bertz CT molecular complexity index is 2800. The first kappa shape index (κ1) is 71.2. The highest BCUT2D eigenvalue weighted by molar-refractivity contribution is 6.88. The first-order valence-corrected chi connectivity index (χ1v) is 51.0. The quantitative estimate of drug-likeness (QED) is 0.0151. The van der Waals surface area contributed by atoms with E-state index in [1.165, 1.54) is 0 Å². The van der Waals surface area contributed by atoms with Gasteiger partial charge in [0.1, 0.15) is 17.6 Å². The average molecular weight is 1360 g/mol. The van der Waals surface area contributed by atoms with Crippen LogP contribution >= 0.6 is 0 Å². The molecule has 3 aliphatic rings. The van der Waals surface area contributed by atoms with Crippen LogP contribution in [0.15, 0.2) is 97.1 Å². The van der Waals surface area contributed by atoms with Gasteiger partial charge in [-0.2, -0.15) is 0 Å². The zero-order valence-corrected chi connectivity index (χ0v) is 63.0. The van der Waals surface area contributed by atoms with Gasteiger partial charge in [-0.3, -0.25) is 4.79 Å². The topological polar surface area (TPSA) is 202 Å². The first-order chi connectivity index (χ1) is 41.4. The van der Waals surface area contributed by atoms with Crippen LogP contribution in [0.1, 0.15) is 95.3 Å². The van der Waals surface area contributed by atoms with Crippen LogP contribution < -0.4 is 9.47 Å². The van der Waals surface area contributed by atoms with E-state index in [1.807, 2.05) is 73.8 Å². The highest BCUT2D eigenvalue weighted by Crippen LogP contribution is 2.36. The lowest BCUT2D eigenvalue weighted by atomic mass is 9.78. The maximum atomic E-state index is 13.3. The minimum absolute atomic E-state index is 0.235. The third-order valence-corrected chi connectivity index (χ3v) is 50.4. The Morgan fingerprint density at radius 2 is 0.943 bits per heavy atom. The molecular formula is C59H94O19Si9. The van der Waals surface area contributed by atoms with Gasteiger partial charge in [0.2, 0.25) is 0 Å². The molecule has 0 aliphatic carbocycles. The fourth-order valence-electron chi connectivity index (χ4n) is 11.2. The number of carbonyl (C=O) groups excluding carboxylic acids is 3. The summed E-state index contributed by atoms with van der Waals surface area (Å²) in [7, 11) is -16.4. The number of carbonyl (C=O) groups is 3. The zero-order valence-electron chi connectivity index (χ0n) is 53.4. The van der Waals surface area contributed by atoms with E-state index in [-0.39, 0.29) is 18.7 Å². The van der Waals surface area contributed by atoms with E-state index in [4.69, 9.17) is 69.9 Å². The summed E-state index contributed by atoms with van der Waals surface area (Å²) >= 11 is 0. The molecule has 4 aromatic rings. The van der Waals surface area contributed by atoms with Crippen molar-refractivity contribution in [2.24, 2.45) is 0 Å². The summed E-state index contributed by atoms with van der Waals surface area (Å²) in [4.78, 5) is 39.3. The van der Waals surface area contributed by atoms with E-state index < -0.39 is 97.5 Å². The summed E-state index contributed by atoms with van der Waals surface area (Å²) in [6.45, 7) is 23.2. The van der Waals surface area contributed by atoms with Gasteiger partial charge < -0.3 is 69.9 Å². The van der Waals surface area contributed by atoms with Crippen molar-refractivity contribution >= 4 is 98.1 Å². The third-order valence-electron chi connectivity index (χ3n) is 15.9. The van der Waals surface area contributed by atoms with Crippen LogP contribution in [0.5, 0.6) is 11.5 Å². The smallest absolute Gasteiger partial charge is 0.466 e. The molecule has 0 saturated carbocycles. The van der Waals surface area contributed by atoms with Crippen LogP contribution in [-0.2, 0) is 83.5 Å². The summed E-state index contributed by atoms with van der Waals surface area (Å²) in [6.07, 6.45) is 5.96. The molecule has 9 atom stereocenters. The van der Waals surface area contributed by atoms with Gasteiger partial charge in [0.25, 0.3) is 37.1 Å². The van der Waals surface area contributed by atoms with Crippen LogP contribution in [0.2, 0.25) is 82.6 Å². The monoisotopic (exact) mass is 1360 g/mol. The molecule has 3 heterocycles. The van der Waals surface area contributed by atoms with Gasteiger partial charge >= 0.3 is 61.0 Å². The molecule has 19 nitrogen and oxygen atoms in total. The number of epoxide rings is 1. The molecule has 0 amide bonds. The normalized spacial score (nSPS) is 26.2. The van der Waals surface area contributed by atoms with Gasteiger partial charge in [-0.25, -0.2) is 9.59 Å². The minimum atomic E-state index is -2.84. The Morgan fingerprint density at radius 3 is 1.41 bits per heavy atom. The second-order valence-electron chi connectivity index (χ2n) is 23.9. The molecule has 87 heavy (non-hydrogen) atoms. The van der Waals surface area contributed by atoms with Crippen molar-refractivity contribution in [2.45, 2.75) is 159 Å². The maximum Gasteiger partial charge on any atom is 0.500 e. The Labute approximate surface area is 528 Å². The van der Waals surface area contributed by atoms with Crippen molar-refractivity contribution < 1.29 is 84.3 Å². The van der Waals surface area contributed by atoms with Gasteiger partial charge in [0, 0.05) is 45.8 Å². The number of ether oxygens (including phenoxy) is 5. The Morgan fingerprint density at radius 1 is 0.540 bits per heavy atom. The molecule has 3 aliphatic heterocycles. The molecule has 9 unspecified atom stereocenters. The van der Waals surface area contributed by atoms with Crippen LogP contribution in [0.3, 0.4) is 0 Å². The molecule has 0 bridgehead atoms. The summed E-state index contributed by atoms with van der Waals surface area (Å²) in [5.41, 5.74) is 4.65. The van der Waals surface area contributed by atoms with E-state index in [0.717, 1.165) is 73.1 Å². The summed E-state index contributed by atoms with van der Waals surface area (Å²) in [6, 6.07) is 33.5. The Hall–Kier alpha value is -3.28. The predicted molar refractivity (Wildman–Crippen MR) is 352 cm³/mol. The van der Waals surface area contributed by atoms with E-state index in [9.17, 15) is 14.4 Å². The lowest BCUT2D eigenvalue weighted by Gasteiger charge is -2.43. The third kappa shape index (κ3) is 22.5. The summed E-state index contributed by atoms with van der Waals surface area (Å²) in [5, 5.41) is 0. The number of unbranched alkanes of at least 4 members (excludes halogenated alkanes) is 1. The fraction of sp³-hybridized carbons (Fsp3) is 0.542. The van der Waals surface area contributed by atoms with E-state index in [2.05, 4.69) is 53.1 Å². The molecule has 0 spiro atoms. The molecule has 0 radical (unpaired) electrons. The SMILES string of the molecule is CO[Si](CC[Si]1(C)O[SiH](C)O[SiH](C)O[Si](C)(CCCOC(=O)CCCCc2ccc(C(=O)Oc3ccc(C(C)(C)c4ccc(C(=O)Oc5ccc(CCC[Si]6(C)O[SiH](C)O[SiH](C)O[Si](C)(CCCOCC7CO7)O6)cc5)cc4)cc3)cc2)O1)(OC)OC. The van der Waals surface area contributed by atoms with Crippen molar-refractivity contribution in [3.63, 3.8) is 0 Å². The molecule has 480 valence electrons. The van der Waals surface area contributed by atoms with Gasteiger partial charge in [0.15, 0.2) is 0 Å². The molecule has 7 rings (SSSR count). The van der Waals surface area contributed by atoms with Gasteiger partial charge in [0.05, 0.1) is 30.9 Å². The van der Waals surface area contributed by atoms with Gasteiger partial charge in [-0.1, -0.05) is 62.4 Å². The molecule has 0 aromatic heterocycles. The van der Waals surface area contributed by atoms with Crippen LogP contribution in [0.25, 0.3) is 0 Å². The van der Waals surface area contributed by atoms with Crippen LogP contribution in [-0.4, -0.2) is 152 Å². The second-order valence-corrected chi connectivity index (χ2v) is 50.2. The van der Waals surface area contributed by atoms with Gasteiger partial charge in [-0.15, -0.1) is 0 Å². The zero-order chi connectivity index (χ0) is 62.9. The van der Waals surface area contributed by atoms with Gasteiger partial charge in [-0.05, 0) is 192 Å². The van der Waals surface area contributed by atoms with E-state index >= 15 is 0 Å². The molecule has 3 saturated heterocycles. The Kier molecular flexibility index (Phi) is 26.9. The minimum Gasteiger partial charge on any atom is -0.466 e. The molecular weight excluding hydrogens is 1270 g/mol. The predicted octanol–water partition coefficient (Wildman–Crippen LogP) is 10.6. The van der Waals surface area contributed by atoms with Crippen molar-refractivity contribution in [1.29, 1.82) is 0 Å². The molecule has 28 heteroatoms. The number of hydrogen-bond donors (Lipinski definition) is 0. The number of rotatable bonds is 31. The lowest BCUT2D eigenvalue weighted by Crippen LogP contribution is -2.60. The van der Waals surface area contributed by atoms with Crippen molar-refractivity contribution in [2.75, 3.05) is 47.8 Å². The van der Waals surface area contributed by atoms with Crippen molar-refractivity contribution in [1.82, 2.24) is 0 Å². The highest BCUT2D eigenvalue weighted by atomic mass is 28.5. The number of hydrogen-bond acceptors (Lipinski definition) is 19. The average Bonchev–Trinajstić information content (AvgIpc) is 2.25. The van der Waals surface area contributed by atoms with E-state index in [1.54, 1.807) is 57.7 Å². The molecule has 3 fully saturated rings. The summed E-state index contributed by atoms with van der Waals surface area (Å²) in [5.74, 6) is -0.227.